The van der Waals surface area contributed by atoms with Gasteiger partial charge in [0, 0.05) is 5.41 Å². The third-order valence-electron chi connectivity index (χ3n) is 2.46. The van der Waals surface area contributed by atoms with E-state index in [0.717, 1.165) is 12.4 Å². The normalized spacial score (nSPS) is 19.7. The van der Waals surface area contributed by atoms with Crippen LogP contribution in [0.5, 0.6) is 0 Å². The second kappa shape index (κ2) is 4.86. The fraction of sp³-hybridized carbons (Fsp3) is 1.00. The van der Waals surface area contributed by atoms with E-state index in [0.29, 0.717) is 18.6 Å². The molecule has 1 fully saturated rings. The van der Waals surface area contributed by atoms with Crippen molar-refractivity contribution < 1.29 is 9.47 Å². The lowest BCUT2D eigenvalue weighted by atomic mass is 10.2. The summed E-state index contributed by atoms with van der Waals surface area (Å²) in [6.07, 6.45) is 2.55. The molecule has 0 aromatic heterocycles. The summed E-state index contributed by atoms with van der Waals surface area (Å²) in [5.41, 5.74) is 0.356. The summed E-state index contributed by atoms with van der Waals surface area (Å²) in [4.78, 5) is 0. The van der Waals surface area contributed by atoms with Crippen molar-refractivity contribution in [1.82, 2.24) is 0 Å². The average molecular weight is 218 g/mol. The summed E-state index contributed by atoms with van der Waals surface area (Å²) >= 11 is 4.32. The van der Waals surface area contributed by atoms with Crippen LogP contribution in [0.4, 0.5) is 0 Å². The molecule has 0 bridgehead atoms. The van der Waals surface area contributed by atoms with Crippen molar-refractivity contribution in [3.05, 3.63) is 0 Å². The van der Waals surface area contributed by atoms with Crippen LogP contribution in [-0.4, -0.2) is 31.2 Å². The van der Waals surface area contributed by atoms with Gasteiger partial charge in [-0.3, -0.25) is 0 Å². The minimum absolute atomic E-state index is 0.0514. The van der Waals surface area contributed by atoms with Crippen LogP contribution in [0.25, 0.3) is 0 Å². The average Bonchev–Trinajstić information content (AvgIpc) is 2.83. The zero-order valence-corrected chi connectivity index (χ0v) is 10.4. The van der Waals surface area contributed by atoms with E-state index < -0.39 is 0 Å². The van der Waals surface area contributed by atoms with Gasteiger partial charge in [0.05, 0.1) is 25.4 Å². The highest BCUT2D eigenvalue weighted by molar-refractivity contribution is 7.80. The summed E-state index contributed by atoms with van der Waals surface area (Å²) in [7, 11) is 0. The molecular weight excluding hydrogens is 196 g/mol. The van der Waals surface area contributed by atoms with Crippen molar-refractivity contribution in [1.29, 1.82) is 0 Å². The summed E-state index contributed by atoms with van der Waals surface area (Å²) < 4.78 is 11.1. The van der Waals surface area contributed by atoms with Crippen molar-refractivity contribution >= 4 is 12.6 Å². The van der Waals surface area contributed by atoms with Gasteiger partial charge in [-0.1, -0.05) is 0 Å². The molecule has 0 aromatic rings. The molecule has 0 heterocycles. The smallest absolute Gasteiger partial charge is 0.0707 e. The first-order valence-electron chi connectivity index (χ1n) is 5.30. The molecule has 0 aliphatic heterocycles. The molecule has 0 unspecified atom stereocenters. The molecule has 1 rings (SSSR count). The molecule has 0 saturated heterocycles. The van der Waals surface area contributed by atoms with E-state index in [1.54, 1.807) is 0 Å². The van der Waals surface area contributed by atoms with Gasteiger partial charge < -0.3 is 9.47 Å². The van der Waals surface area contributed by atoms with Crippen molar-refractivity contribution in [3.63, 3.8) is 0 Å². The van der Waals surface area contributed by atoms with E-state index in [2.05, 4.69) is 33.4 Å². The predicted molar refractivity (Wildman–Crippen MR) is 62.0 cm³/mol. The highest BCUT2D eigenvalue weighted by atomic mass is 32.1. The van der Waals surface area contributed by atoms with Gasteiger partial charge in [0.2, 0.25) is 0 Å². The summed E-state index contributed by atoms with van der Waals surface area (Å²) in [5, 5.41) is 0. The fourth-order valence-electron chi connectivity index (χ4n) is 1.22. The summed E-state index contributed by atoms with van der Waals surface area (Å²) in [6, 6.07) is 0. The van der Waals surface area contributed by atoms with E-state index in [1.807, 2.05) is 0 Å². The van der Waals surface area contributed by atoms with E-state index >= 15 is 0 Å². The number of hydrogen-bond donors (Lipinski definition) is 1. The minimum Gasteiger partial charge on any atom is -0.378 e. The molecule has 3 heteroatoms. The Hall–Kier alpha value is 0.270. The molecule has 0 spiro atoms. The second-order valence-electron chi connectivity index (χ2n) is 5.17. The van der Waals surface area contributed by atoms with Crippen LogP contribution in [0.1, 0.15) is 33.6 Å². The molecule has 14 heavy (non-hydrogen) atoms. The molecule has 0 N–H and O–H groups in total. The van der Waals surface area contributed by atoms with E-state index in [-0.39, 0.29) is 5.60 Å². The molecule has 1 saturated carbocycles. The van der Waals surface area contributed by atoms with Gasteiger partial charge in [0.25, 0.3) is 0 Å². The molecule has 0 amide bonds. The Kier molecular flexibility index (Phi) is 4.29. The van der Waals surface area contributed by atoms with Crippen molar-refractivity contribution in [2.24, 2.45) is 5.41 Å². The van der Waals surface area contributed by atoms with Gasteiger partial charge in [0.1, 0.15) is 0 Å². The Morgan fingerprint density at radius 2 is 1.86 bits per heavy atom. The molecular formula is C11H22O2S. The Bertz CT molecular complexity index is 171. The van der Waals surface area contributed by atoms with Crippen LogP contribution in [0.3, 0.4) is 0 Å². The van der Waals surface area contributed by atoms with Crippen LogP contribution >= 0.6 is 12.6 Å². The third-order valence-corrected chi connectivity index (χ3v) is 3.13. The maximum atomic E-state index is 5.57. The van der Waals surface area contributed by atoms with Gasteiger partial charge in [-0.05, 0) is 39.4 Å². The van der Waals surface area contributed by atoms with Gasteiger partial charge >= 0.3 is 0 Å². The maximum Gasteiger partial charge on any atom is 0.0707 e. The summed E-state index contributed by atoms with van der Waals surface area (Å²) in [5.74, 6) is 0.952. The molecule has 0 atom stereocenters. The number of rotatable bonds is 6. The molecule has 0 aromatic carbocycles. The lowest BCUT2D eigenvalue weighted by Crippen LogP contribution is -2.23. The second-order valence-corrected chi connectivity index (χ2v) is 5.49. The first-order valence-corrected chi connectivity index (χ1v) is 5.93. The van der Waals surface area contributed by atoms with Crippen LogP contribution in [0.2, 0.25) is 0 Å². The van der Waals surface area contributed by atoms with Crippen LogP contribution < -0.4 is 0 Å². The van der Waals surface area contributed by atoms with Crippen molar-refractivity contribution in [2.45, 2.75) is 39.2 Å². The lowest BCUT2D eigenvalue weighted by Gasteiger charge is -2.20. The largest absolute Gasteiger partial charge is 0.378 e. The van der Waals surface area contributed by atoms with E-state index in [1.165, 1.54) is 12.8 Å². The molecule has 2 nitrogen and oxygen atoms in total. The van der Waals surface area contributed by atoms with Gasteiger partial charge in [-0.2, -0.15) is 12.6 Å². The Balaban J connectivity index is 1.95. The van der Waals surface area contributed by atoms with E-state index in [9.17, 15) is 0 Å². The molecule has 0 radical (unpaired) electrons. The van der Waals surface area contributed by atoms with Crippen LogP contribution in [0, 0.1) is 5.41 Å². The molecule has 84 valence electrons. The standard InChI is InChI=1S/C11H22O2S/c1-10(2,3)13-7-6-12-8-11(9-14)4-5-11/h14H,4-9H2,1-3H3. The van der Waals surface area contributed by atoms with Crippen LogP contribution in [-0.2, 0) is 9.47 Å². The highest BCUT2D eigenvalue weighted by Gasteiger charge is 2.41. The molecule has 1 aliphatic rings. The van der Waals surface area contributed by atoms with Gasteiger partial charge in [0.15, 0.2) is 0 Å². The number of hydrogen-bond acceptors (Lipinski definition) is 3. The van der Waals surface area contributed by atoms with Crippen LogP contribution in [0.15, 0.2) is 0 Å². The number of ether oxygens (including phenoxy) is 2. The topological polar surface area (TPSA) is 18.5 Å². The van der Waals surface area contributed by atoms with Crippen molar-refractivity contribution in [2.75, 3.05) is 25.6 Å². The lowest BCUT2D eigenvalue weighted by molar-refractivity contribution is -0.0396. The SMILES string of the molecule is CC(C)(C)OCCOCC1(CS)CC1. The maximum absolute atomic E-state index is 5.57. The Labute approximate surface area is 92.8 Å². The minimum atomic E-state index is -0.0514. The monoisotopic (exact) mass is 218 g/mol. The third kappa shape index (κ3) is 4.67. The molecule has 1 aliphatic carbocycles. The van der Waals surface area contributed by atoms with Crippen molar-refractivity contribution in [3.8, 4) is 0 Å². The number of thiol groups is 1. The van der Waals surface area contributed by atoms with E-state index in [4.69, 9.17) is 9.47 Å². The van der Waals surface area contributed by atoms with Gasteiger partial charge in [-0.25, -0.2) is 0 Å². The highest BCUT2D eigenvalue weighted by Crippen LogP contribution is 2.46. The Morgan fingerprint density at radius 3 is 2.29 bits per heavy atom. The first-order chi connectivity index (χ1) is 6.47. The zero-order valence-electron chi connectivity index (χ0n) is 9.51. The Morgan fingerprint density at radius 1 is 1.21 bits per heavy atom. The summed E-state index contributed by atoms with van der Waals surface area (Å²) in [6.45, 7) is 8.41. The quantitative estimate of drug-likeness (QED) is 0.545. The predicted octanol–water partition coefficient (Wildman–Crippen LogP) is 2.53. The first kappa shape index (κ1) is 12.3. The van der Waals surface area contributed by atoms with Gasteiger partial charge in [-0.15, -0.1) is 0 Å². The zero-order chi connectivity index (χ0) is 10.7. The fourth-order valence-corrected chi connectivity index (χ4v) is 1.63.